The molecule has 1 amide bonds. The number of alkyl halides is 3. The highest BCUT2D eigenvalue weighted by Gasteiger charge is 2.31. The molecule has 0 bridgehead atoms. The predicted molar refractivity (Wildman–Crippen MR) is 79.2 cm³/mol. The third kappa shape index (κ3) is 3.62. The largest absolute Gasteiger partial charge is 0.573 e. The van der Waals surface area contributed by atoms with Crippen LogP contribution in [-0.4, -0.2) is 34.9 Å². The van der Waals surface area contributed by atoms with Crippen LogP contribution in [0.5, 0.6) is 5.75 Å². The molecule has 5 nitrogen and oxygen atoms in total. The number of halogens is 3. The zero-order chi connectivity index (χ0) is 15.7. The Morgan fingerprint density at radius 1 is 1.45 bits per heavy atom. The number of hydrogen-bond donors (Lipinski definition) is 2. The zero-order valence-electron chi connectivity index (χ0n) is 10.9. The molecule has 2 heterocycles. The van der Waals surface area contributed by atoms with Crippen molar-refractivity contribution < 1.29 is 22.7 Å². The molecule has 2 aromatic rings. The molecule has 22 heavy (non-hydrogen) atoms. The maximum atomic E-state index is 12.2. The number of ether oxygens (including phenoxy) is 1. The fourth-order valence-electron chi connectivity index (χ4n) is 1.91. The zero-order valence-corrected chi connectivity index (χ0v) is 12.6. The molecule has 1 unspecified atom stereocenters. The van der Waals surface area contributed by atoms with Gasteiger partial charge in [0.05, 0.1) is 16.3 Å². The lowest BCUT2D eigenvalue weighted by Gasteiger charge is -2.07. The van der Waals surface area contributed by atoms with Crippen LogP contribution in [-0.2, 0) is 4.79 Å². The van der Waals surface area contributed by atoms with Crippen LogP contribution in [0.2, 0.25) is 0 Å². The number of thiazole rings is 1. The monoisotopic (exact) mass is 349 g/mol. The Bertz CT molecular complexity index is 698. The average molecular weight is 349 g/mol. The summed E-state index contributed by atoms with van der Waals surface area (Å²) in [7, 11) is 0. The summed E-state index contributed by atoms with van der Waals surface area (Å²) in [5, 5.41) is 6.05. The van der Waals surface area contributed by atoms with Crippen molar-refractivity contribution in [3.8, 4) is 5.75 Å². The van der Waals surface area contributed by atoms with Crippen molar-refractivity contribution in [1.82, 2.24) is 10.3 Å². The van der Waals surface area contributed by atoms with Crippen LogP contribution in [0, 0.1) is 0 Å². The molecule has 0 spiro atoms. The lowest BCUT2D eigenvalue weighted by Crippen LogP contribution is -2.37. The predicted octanol–water partition coefficient (Wildman–Crippen LogP) is 2.80. The van der Waals surface area contributed by atoms with Crippen molar-refractivity contribution in [3.05, 3.63) is 18.2 Å². The Kier molecular flexibility index (Phi) is 4.15. The molecule has 1 saturated heterocycles. The van der Waals surface area contributed by atoms with Gasteiger partial charge in [0, 0.05) is 17.7 Å². The van der Waals surface area contributed by atoms with Crippen LogP contribution in [0.1, 0.15) is 0 Å². The lowest BCUT2D eigenvalue weighted by atomic mass is 10.3. The van der Waals surface area contributed by atoms with Crippen LogP contribution >= 0.6 is 23.1 Å². The number of amides is 1. The standard InChI is InChI=1S/C12H10F3N3O2S2/c13-12(14,15)20-6-1-2-7-9(3-6)22-11(17-7)18-10(19)8-4-21-5-16-8/h1-3,8,16H,4-5H2,(H,17,18,19). The Morgan fingerprint density at radius 2 is 2.27 bits per heavy atom. The van der Waals surface area contributed by atoms with E-state index in [0.29, 0.717) is 21.1 Å². The molecule has 1 aliphatic heterocycles. The van der Waals surface area contributed by atoms with Gasteiger partial charge in [-0.15, -0.1) is 24.9 Å². The van der Waals surface area contributed by atoms with Gasteiger partial charge in [0.1, 0.15) is 5.75 Å². The molecule has 1 aromatic heterocycles. The van der Waals surface area contributed by atoms with Gasteiger partial charge in [-0.1, -0.05) is 11.3 Å². The van der Waals surface area contributed by atoms with Gasteiger partial charge in [-0.25, -0.2) is 4.98 Å². The highest BCUT2D eigenvalue weighted by molar-refractivity contribution is 7.99. The summed E-state index contributed by atoms with van der Waals surface area (Å²) >= 11 is 2.72. The minimum Gasteiger partial charge on any atom is -0.406 e. The third-order valence-electron chi connectivity index (χ3n) is 2.86. The average Bonchev–Trinajstić information content (AvgIpc) is 3.04. The highest BCUT2D eigenvalue weighted by Crippen LogP contribution is 2.31. The van der Waals surface area contributed by atoms with Gasteiger partial charge < -0.3 is 10.1 Å². The van der Waals surface area contributed by atoms with E-state index in [1.807, 2.05) is 0 Å². The summed E-state index contributed by atoms with van der Waals surface area (Å²) in [5.74, 6) is 0.891. The number of carbonyl (C=O) groups excluding carboxylic acids is 1. The van der Waals surface area contributed by atoms with E-state index >= 15 is 0 Å². The van der Waals surface area contributed by atoms with Gasteiger partial charge >= 0.3 is 6.36 Å². The van der Waals surface area contributed by atoms with Gasteiger partial charge in [0.25, 0.3) is 0 Å². The van der Waals surface area contributed by atoms with Crippen LogP contribution in [0.4, 0.5) is 18.3 Å². The Morgan fingerprint density at radius 3 is 2.95 bits per heavy atom. The minimum absolute atomic E-state index is 0.198. The molecule has 0 radical (unpaired) electrons. The van der Waals surface area contributed by atoms with Gasteiger partial charge in [-0.3, -0.25) is 10.1 Å². The number of rotatable bonds is 3. The number of anilines is 1. The smallest absolute Gasteiger partial charge is 0.406 e. The lowest BCUT2D eigenvalue weighted by molar-refractivity contribution is -0.274. The summed E-state index contributed by atoms with van der Waals surface area (Å²) in [4.78, 5) is 16.1. The van der Waals surface area contributed by atoms with Crippen LogP contribution < -0.4 is 15.4 Å². The second-order valence-electron chi connectivity index (χ2n) is 4.46. The Balaban J connectivity index is 1.76. The molecule has 2 N–H and O–H groups in total. The van der Waals surface area contributed by atoms with Crippen molar-refractivity contribution >= 4 is 44.4 Å². The van der Waals surface area contributed by atoms with E-state index in [4.69, 9.17) is 0 Å². The van der Waals surface area contributed by atoms with Gasteiger partial charge in [-0.2, -0.15) is 0 Å². The van der Waals surface area contributed by atoms with E-state index < -0.39 is 6.36 Å². The SMILES string of the molecule is O=C(Nc1nc2ccc(OC(F)(F)F)cc2s1)C1CSCN1. The number of aromatic nitrogens is 1. The first-order chi connectivity index (χ1) is 10.4. The van der Waals surface area contributed by atoms with Crippen LogP contribution in [0.25, 0.3) is 10.2 Å². The molecular formula is C12H10F3N3O2S2. The van der Waals surface area contributed by atoms with Crippen LogP contribution in [0.15, 0.2) is 18.2 Å². The number of fused-ring (bicyclic) bond motifs is 1. The molecule has 3 rings (SSSR count). The fraction of sp³-hybridized carbons (Fsp3) is 0.333. The molecule has 1 atom stereocenters. The fourth-order valence-corrected chi connectivity index (χ4v) is 3.75. The van der Waals surface area contributed by atoms with Gasteiger partial charge in [0.15, 0.2) is 5.13 Å². The Hall–Kier alpha value is -1.52. The summed E-state index contributed by atoms with van der Waals surface area (Å²) < 4.78 is 40.9. The number of nitrogens with zero attached hydrogens (tertiary/aromatic N) is 1. The second kappa shape index (κ2) is 5.94. The van der Waals surface area contributed by atoms with Gasteiger partial charge in [0.2, 0.25) is 5.91 Å². The van der Waals surface area contributed by atoms with E-state index in [2.05, 4.69) is 20.4 Å². The highest BCUT2D eigenvalue weighted by atomic mass is 32.2. The normalized spacial score (nSPS) is 18.6. The van der Waals surface area contributed by atoms with Crippen LogP contribution in [0.3, 0.4) is 0 Å². The second-order valence-corrected chi connectivity index (χ2v) is 6.52. The maximum Gasteiger partial charge on any atom is 0.573 e. The quantitative estimate of drug-likeness (QED) is 0.892. The Labute approximate surface area is 131 Å². The number of hydrogen-bond acceptors (Lipinski definition) is 6. The van der Waals surface area contributed by atoms with E-state index in [1.165, 1.54) is 18.2 Å². The topological polar surface area (TPSA) is 63.2 Å². The van der Waals surface area contributed by atoms with E-state index in [0.717, 1.165) is 17.2 Å². The summed E-state index contributed by atoms with van der Waals surface area (Å²) in [6.07, 6.45) is -4.73. The summed E-state index contributed by atoms with van der Waals surface area (Å²) in [6.45, 7) is 0. The molecule has 1 fully saturated rings. The van der Waals surface area contributed by atoms with Crippen molar-refractivity contribution in [2.24, 2.45) is 0 Å². The van der Waals surface area contributed by atoms with Crippen molar-refractivity contribution in [2.75, 3.05) is 16.9 Å². The number of benzene rings is 1. The molecule has 0 saturated carbocycles. The molecule has 1 aromatic carbocycles. The first-order valence-electron chi connectivity index (χ1n) is 6.19. The van der Waals surface area contributed by atoms with Crippen molar-refractivity contribution in [3.63, 3.8) is 0 Å². The maximum absolute atomic E-state index is 12.2. The molecular weight excluding hydrogens is 339 g/mol. The van der Waals surface area contributed by atoms with E-state index in [9.17, 15) is 18.0 Å². The molecule has 118 valence electrons. The molecule has 0 aliphatic carbocycles. The number of carbonyl (C=O) groups is 1. The summed E-state index contributed by atoms with van der Waals surface area (Å²) in [6, 6.07) is 3.59. The van der Waals surface area contributed by atoms with E-state index in [-0.39, 0.29) is 17.7 Å². The first kappa shape index (κ1) is 15.4. The molecule has 1 aliphatic rings. The number of nitrogens with one attached hydrogen (secondary N) is 2. The van der Waals surface area contributed by atoms with Crippen molar-refractivity contribution in [2.45, 2.75) is 12.4 Å². The first-order valence-corrected chi connectivity index (χ1v) is 8.16. The van der Waals surface area contributed by atoms with Crippen molar-refractivity contribution in [1.29, 1.82) is 0 Å². The molecule has 10 heteroatoms. The summed E-state index contributed by atoms with van der Waals surface area (Å²) in [5.41, 5.74) is 0.503. The van der Waals surface area contributed by atoms with Gasteiger partial charge in [-0.05, 0) is 12.1 Å². The number of thioether (sulfide) groups is 1. The third-order valence-corrected chi connectivity index (χ3v) is 4.73. The minimum atomic E-state index is -4.73. The van der Waals surface area contributed by atoms with E-state index in [1.54, 1.807) is 11.8 Å².